The van der Waals surface area contributed by atoms with E-state index in [2.05, 4.69) is 20.9 Å². The number of halogens is 1. The summed E-state index contributed by atoms with van der Waals surface area (Å²) in [5, 5.41) is 9.24. The average molecular weight is 354 g/mol. The molecule has 1 aromatic carbocycles. The third kappa shape index (κ3) is 3.86. The molecule has 1 N–H and O–H groups in total. The molecule has 5 nitrogen and oxygen atoms in total. The lowest BCUT2D eigenvalue weighted by Gasteiger charge is -2.15. The van der Waals surface area contributed by atoms with Gasteiger partial charge in [0.15, 0.2) is 11.5 Å². The monoisotopic (exact) mass is 353 g/mol. The molecular formula is C15H16BrNO4. The van der Waals surface area contributed by atoms with Gasteiger partial charge in [0.1, 0.15) is 6.61 Å². The van der Waals surface area contributed by atoms with Crippen molar-refractivity contribution in [3.05, 3.63) is 46.2 Å². The number of benzene rings is 1. The maximum atomic E-state index is 9.24. The normalized spacial score (nSPS) is 10.3. The molecule has 0 aliphatic carbocycles. The van der Waals surface area contributed by atoms with E-state index in [1.165, 1.54) is 0 Å². The highest BCUT2D eigenvalue weighted by Gasteiger charge is 2.14. The minimum absolute atomic E-state index is 0.0960. The summed E-state index contributed by atoms with van der Waals surface area (Å²) in [4.78, 5) is 4.24. The average Bonchev–Trinajstić information content (AvgIpc) is 2.53. The van der Waals surface area contributed by atoms with Crippen molar-refractivity contribution in [3.63, 3.8) is 0 Å². The molecule has 0 amide bonds. The first-order valence-corrected chi connectivity index (χ1v) is 7.06. The van der Waals surface area contributed by atoms with E-state index >= 15 is 0 Å². The van der Waals surface area contributed by atoms with E-state index in [0.717, 1.165) is 10.2 Å². The molecule has 0 aliphatic rings. The van der Waals surface area contributed by atoms with Crippen molar-refractivity contribution in [2.75, 3.05) is 14.2 Å². The molecule has 0 spiro atoms. The SMILES string of the molecule is COc1cc(CO)cc(OC)c1OCc1ccc(Br)cn1. The van der Waals surface area contributed by atoms with Gasteiger partial charge in [-0.2, -0.15) is 0 Å². The van der Waals surface area contributed by atoms with E-state index in [1.54, 1.807) is 32.5 Å². The van der Waals surface area contributed by atoms with E-state index < -0.39 is 0 Å². The quantitative estimate of drug-likeness (QED) is 0.864. The summed E-state index contributed by atoms with van der Waals surface area (Å²) < 4.78 is 17.3. The van der Waals surface area contributed by atoms with E-state index in [-0.39, 0.29) is 6.61 Å². The highest BCUT2D eigenvalue weighted by Crippen LogP contribution is 2.39. The molecule has 2 rings (SSSR count). The molecule has 112 valence electrons. The van der Waals surface area contributed by atoms with Crippen LogP contribution in [0.5, 0.6) is 17.2 Å². The standard InChI is InChI=1S/C15H16BrNO4/c1-19-13-5-10(8-18)6-14(20-2)15(13)21-9-12-4-3-11(16)7-17-12/h3-7,18H,8-9H2,1-2H3. The zero-order valence-corrected chi connectivity index (χ0v) is 13.4. The number of aromatic nitrogens is 1. The zero-order valence-electron chi connectivity index (χ0n) is 11.8. The summed E-state index contributed by atoms with van der Waals surface area (Å²) >= 11 is 3.34. The smallest absolute Gasteiger partial charge is 0.203 e. The Morgan fingerprint density at radius 2 is 1.81 bits per heavy atom. The highest BCUT2D eigenvalue weighted by molar-refractivity contribution is 9.10. The Kier molecular flexibility index (Phi) is 5.41. The topological polar surface area (TPSA) is 60.8 Å². The third-order valence-electron chi connectivity index (χ3n) is 2.86. The number of aliphatic hydroxyl groups is 1. The van der Waals surface area contributed by atoms with Gasteiger partial charge in [0.2, 0.25) is 5.75 Å². The van der Waals surface area contributed by atoms with E-state index in [0.29, 0.717) is 29.4 Å². The Labute approximate surface area is 131 Å². The predicted molar refractivity (Wildman–Crippen MR) is 81.7 cm³/mol. The van der Waals surface area contributed by atoms with Gasteiger partial charge in [-0.1, -0.05) is 0 Å². The molecule has 0 fully saturated rings. The van der Waals surface area contributed by atoms with Crippen LogP contribution in [-0.4, -0.2) is 24.3 Å². The van der Waals surface area contributed by atoms with Gasteiger partial charge in [-0.15, -0.1) is 0 Å². The maximum Gasteiger partial charge on any atom is 0.203 e. The van der Waals surface area contributed by atoms with Crippen molar-refractivity contribution in [1.29, 1.82) is 0 Å². The number of hydrogen-bond acceptors (Lipinski definition) is 5. The molecule has 1 heterocycles. The van der Waals surface area contributed by atoms with Crippen LogP contribution in [0.25, 0.3) is 0 Å². The zero-order chi connectivity index (χ0) is 15.2. The Bertz CT molecular complexity index is 576. The fourth-order valence-electron chi connectivity index (χ4n) is 1.81. The van der Waals surface area contributed by atoms with Gasteiger partial charge in [0.05, 0.1) is 26.5 Å². The van der Waals surface area contributed by atoms with E-state index in [9.17, 15) is 5.11 Å². The lowest BCUT2D eigenvalue weighted by atomic mass is 10.2. The van der Waals surface area contributed by atoms with Gasteiger partial charge in [-0.05, 0) is 45.8 Å². The summed E-state index contributed by atoms with van der Waals surface area (Å²) in [5.74, 6) is 1.51. The summed E-state index contributed by atoms with van der Waals surface area (Å²) in [6, 6.07) is 7.19. The van der Waals surface area contributed by atoms with Crippen molar-refractivity contribution in [2.24, 2.45) is 0 Å². The van der Waals surface area contributed by atoms with E-state index in [1.807, 2.05) is 12.1 Å². The van der Waals surface area contributed by atoms with Crippen molar-refractivity contribution in [3.8, 4) is 17.2 Å². The van der Waals surface area contributed by atoms with Gasteiger partial charge in [0, 0.05) is 10.7 Å². The summed E-state index contributed by atoms with van der Waals surface area (Å²) in [6.07, 6.45) is 1.71. The number of aliphatic hydroxyl groups excluding tert-OH is 1. The van der Waals surface area contributed by atoms with Crippen LogP contribution < -0.4 is 14.2 Å². The molecule has 0 saturated heterocycles. The first-order chi connectivity index (χ1) is 10.2. The van der Waals surface area contributed by atoms with Crippen molar-refractivity contribution >= 4 is 15.9 Å². The molecule has 0 aliphatic heterocycles. The second kappa shape index (κ2) is 7.28. The van der Waals surface area contributed by atoms with Crippen LogP contribution in [0.4, 0.5) is 0 Å². The van der Waals surface area contributed by atoms with Crippen LogP contribution in [0.15, 0.2) is 34.9 Å². The molecule has 0 unspecified atom stereocenters. The number of nitrogens with zero attached hydrogens (tertiary/aromatic N) is 1. The highest BCUT2D eigenvalue weighted by atomic mass is 79.9. The number of pyridine rings is 1. The largest absolute Gasteiger partial charge is 0.493 e. The van der Waals surface area contributed by atoms with Crippen LogP contribution in [-0.2, 0) is 13.2 Å². The van der Waals surface area contributed by atoms with Gasteiger partial charge in [-0.25, -0.2) is 0 Å². The van der Waals surface area contributed by atoms with Crippen molar-refractivity contribution < 1.29 is 19.3 Å². The van der Waals surface area contributed by atoms with Gasteiger partial charge in [-0.3, -0.25) is 4.98 Å². The molecule has 21 heavy (non-hydrogen) atoms. The van der Waals surface area contributed by atoms with Gasteiger partial charge in [0.25, 0.3) is 0 Å². The Hall–Kier alpha value is -1.79. The van der Waals surface area contributed by atoms with Crippen LogP contribution >= 0.6 is 15.9 Å². The molecule has 0 radical (unpaired) electrons. The van der Waals surface area contributed by atoms with Crippen molar-refractivity contribution in [2.45, 2.75) is 13.2 Å². The van der Waals surface area contributed by atoms with Gasteiger partial charge >= 0.3 is 0 Å². The van der Waals surface area contributed by atoms with Gasteiger partial charge < -0.3 is 19.3 Å². The van der Waals surface area contributed by atoms with Crippen LogP contribution in [0, 0.1) is 0 Å². The lowest BCUT2D eigenvalue weighted by molar-refractivity contribution is 0.257. The minimum atomic E-state index is -0.0960. The maximum absolute atomic E-state index is 9.24. The molecule has 0 bridgehead atoms. The van der Waals surface area contributed by atoms with Crippen LogP contribution in [0.2, 0.25) is 0 Å². The molecule has 1 aromatic heterocycles. The Balaban J connectivity index is 2.23. The van der Waals surface area contributed by atoms with Crippen LogP contribution in [0.1, 0.15) is 11.3 Å². The summed E-state index contributed by atoms with van der Waals surface area (Å²) in [7, 11) is 3.08. The van der Waals surface area contributed by atoms with E-state index in [4.69, 9.17) is 14.2 Å². The first-order valence-electron chi connectivity index (χ1n) is 6.27. The third-order valence-corrected chi connectivity index (χ3v) is 3.33. The molecule has 0 saturated carbocycles. The molecule has 2 aromatic rings. The summed E-state index contributed by atoms with van der Waals surface area (Å²) in [5.41, 5.74) is 1.48. The summed E-state index contributed by atoms with van der Waals surface area (Å²) in [6.45, 7) is 0.194. The molecular weight excluding hydrogens is 338 g/mol. The molecule has 0 atom stereocenters. The number of ether oxygens (including phenoxy) is 3. The number of methoxy groups -OCH3 is 2. The lowest BCUT2D eigenvalue weighted by Crippen LogP contribution is -2.02. The fourth-order valence-corrected chi connectivity index (χ4v) is 2.04. The van der Waals surface area contributed by atoms with Crippen molar-refractivity contribution in [1.82, 2.24) is 4.98 Å². The second-order valence-corrected chi connectivity index (χ2v) is 5.16. The minimum Gasteiger partial charge on any atom is -0.493 e. The fraction of sp³-hybridized carbons (Fsp3) is 0.267. The predicted octanol–water partition coefficient (Wildman–Crippen LogP) is 2.93. The van der Waals surface area contributed by atoms with Crippen LogP contribution in [0.3, 0.4) is 0 Å². The number of rotatable bonds is 6. The molecule has 6 heteroatoms. The second-order valence-electron chi connectivity index (χ2n) is 4.24. The Morgan fingerprint density at radius 1 is 1.14 bits per heavy atom. The first kappa shape index (κ1) is 15.6. The Morgan fingerprint density at radius 3 is 2.29 bits per heavy atom. The number of hydrogen-bond donors (Lipinski definition) is 1.